The summed E-state index contributed by atoms with van der Waals surface area (Å²) in [6.07, 6.45) is 3.15. The van der Waals surface area contributed by atoms with Crippen molar-refractivity contribution in [2.75, 3.05) is 56.7 Å². The SMILES string of the molecule is CCN(C)c1nc(Nc2ccncn2)c2c(n1)c(CN1CCOCC1)nn2CCO. The second kappa shape index (κ2) is 9.28. The molecule has 0 spiro atoms. The van der Waals surface area contributed by atoms with Crippen molar-refractivity contribution in [3.63, 3.8) is 0 Å². The fourth-order valence-corrected chi connectivity index (χ4v) is 3.35. The standard InChI is InChI=1S/C19H27N9O2/c1-3-26(2)19-23-16-14(12-27-7-10-30-11-8-27)25-28(6-9-29)17(16)18(24-19)22-15-4-5-20-13-21-15/h4-5,13,29H,3,6-12H2,1-2H3,(H,20,21,22,23,24). The van der Waals surface area contributed by atoms with Crippen LogP contribution in [0.2, 0.25) is 0 Å². The summed E-state index contributed by atoms with van der Waals surface area (Å²) in [5, 5.41) is 17.7. The maximum atomic E-state index is 9.59. The van der Waals surface area contributed by atoms with Gasteiger partial charge in [-0.05, 0) is 13.0 Å². The van der Waals surface area contributed by atoms with Crippen LogP contribution in [0.25, 0.3) is 11.0 Å². The molecule has 0 amide bonds. The van der Waals surface area contributed by atoms with E-state index in [-0.39, 0.29) is 6.61 Å². The third kappa shape index (κ3) is 4.32. The van der Waals surface area contributed by atoms with Gasteiger partial charge in [-0.2, -0.15) is 10.1 Å². The third-order valence-corrected chi connectivity index (χ3v) is 5.08. The smallest absolute Gasteiger partial charge is 0.227 e. The predicted octanol–water partition coefficient (Wildman–Crippen LogP) is 0.641. The first kappa shape index (κ1) is 20.4. The highest BCUT2D eigenvalue weighted by molar-refractivity contribution is 5.90. The van der Waals surface area contributed by atoms with E-state index in [4.69, 9.17) is 19.8 Å². The van der Waals surface area contributed by atoms with Gasteiger partial charge >= 0.3 is 0 Å². The highest BCUT2D eigenvalue weighted by Crippen LogP contribution is 2.28. The summed E-state index contributed by atoms with van der Waals surface area (Å²) in [5.74, 6) is 1.83. The minimum atomic E-state index is -0.0304. The van der Waals surface area contributed by atoms with Gasteiger partial charge in [0.25, 0.3) is 0 Å². The van der Waals surface area contributed by atoms with Gasteiger partial charge in [0.15, 0.2) is 5.82 Å². The lowest BCUT2D eigenvalue weighted by Gasteiger charge is -2.25. The Hall–Kier alpha value is -2.89. The van der Waals surface area contributed by atoms with Crippen molar-refractivity contribution in [2.24, 2.45) is 0 Å². The number of nitrogens with zero attached hydrogens (tertiary/aromatic N) is 8. The number of rotatable bonds is 8. The van der Waals surface area contributed by atoms with E-state index >= 15 is 0 Å². The van der Waals surface area contributed by atoms with Gasteiger partial charge in [0.1, 0.15) is 28.9 Å². The molecule has 0 bridgehead atoms. The Morgan fingerprint density at radius 2 is 2.10 bits per heavy atom. The van der Waals surface area contributed by atoms with Gasteiger partial charge in [0.05, 0.1) is 26.4 Å². The molecule has 1 aliphatic rings. The van der Waals surface area contributed by atoms with Gasteiger partial charge in [-0.15, -0.1) is 0 Å². The molecule has 30 heavy (non-hydrogen) atoms. The third-order valence-electron chi connectivity index (χ3n) is 5.08. The van der Waals surface area contributed by atoms with Gasteiger partial charge in [-0.1, -0.05) is 0 Å². The van der Waals surface area contributed by atoms with Crippen molar-refractivity contribution in [3.8, 4) is 0 Å². The summed E-state index contributed by atoms with van der Waals surface area (Å²) in [6, 6.07) is 1.78. The first-order valence-electron chi connectivity index (χ1n) is 10.1. The van der Waals surface area contributed by atoms with Crippen molar-refractivity contribution in [3.05, 3.63) is 24.3 Å². The molecule has 0 atom stereocenters. The zero-order chi connectivity index (χ0) is 20.9. The summed E-state index contributed by atoms with van der Waals surface area (Å²) >= 11 is 0. The van der Waals surface area contributed by atoms with Crippen LogP contribution in [-0.2, 0) is 17.8 Å². The molecule has 3 aromatic rings. The normalized spacial score (nSPS) is 14.9. The Bertz CT molecular complexity index is 973. The molecule has 2 N–H and O–H groups in total. The number of hydrogen-bond donors (Lipinski definition) is 2. The fraction of sp³-hybridized carbons (Fsp3) is 0.526. The zero-order valence-electron chi connectivity index (χ0n) is 17.3. The molecular formula is C19H27N9O2. The summed E-state index contributed by atoms with van der Waals surface area (Å²) in [5.41, 5.74) is 2.38. The molecule has 1 fully saturated rings. The molecule has 0 radical (unpaired) electrons. The van der Waals surface area contributed by atoms with Crippen LogP contribution in [-0.4, -0.2) is 86.2 Å². The molecule has 0 unspecified atom stereocenters. The van der Waals surface area contributed by atoms with Gasteiger partial charge in [-0.3, -0.25) is 9.58 Å². The lowest BCUT2D eigenvalue weighted by molar-refractivity contribution is 0.0337. The minimum absolute atomic E-state index is 0.0304. The fourth-order valence-electron chi connectivity index (χ4n) is 3.35. The molecule has 0 aliphatic carbocycles. The topological polar surface area (TPSA) is 117 Å². The van der Waals surface area contributed by atoms with Gasteiger partial charge in [0, 0.05) is 39.4 Å². The molecule has 11 nitrogen and oxygen atoms in total. The van der Waals surface area contributed by atoms with E-state index < -0.39 is 0 Å². The van der Waals surface area contributed by atoms with Crippen LogP contribution in [0, 0.1) is 0 Å². The number of aromatic nitrogens is 6. The summed E-state index contributed by atoms with van der Waals surface area (Å²) in [4.78, 5) is 22.1. The van der Waals surface area contributed by atoms with Crippen LogP contribution in [0.3, 0.4) is 0 Å². The average molecular weight is 413 g/mol. The Balaban J connectivity index is 1.82. The molecule has 3 aromatic heterocycles. The Kier molecular flexibility index (Phi) is 6.31. The molecule has 1 aliphatic heterocycles. The van der Waals surface area contributed by atoms with E-state index in [0.717, 1.165) is 36.4 Å². The van der Waals surface area contributed by atoms with Crippen molar-refractivity contribution in [1.82, 2.24) is 34.6 Å². The Morgan fingerprint density at radius 3 is 2.80 bits per heavy atom. The van der Waals surface area contributed by atoms with Crippen LogP contribution < -0.4 is 10.2 Å². The molecule has 4 heterocycles. The van der Waals surface area contributed by atoms with Crippen LogP contribution in [0.5, 0.6) is 0 Å². The first-order valence-corrected chi connectivity index (χ1v) is 10.1. The number of morpholine rings is 1. The van der Waals surface area contributed by atoms with E-state index in [2.05, 4.69) is 27.1 Å². The van der Waals surface area contributed by atoms with E-state index in [9.17, 15) is 5.11 Å². The van der Waals surface area contributed by atoms with Crippen LogP contribution >= 0.6 is 0 Å². The van der Waals surface area contributed by atoms with E-state index in [0.29, 0.717) is 43.9 Å². The molecule has 1 saturated heterocycles. The molecule has 4 rings (SSSR count). The highest BCUT2D eigenvalue weighted by atomic mass is 16.5. The lowest BCUT2D eigenvalue weighted by Crippen LogP contribution is -2.35. The largest absolute Gasteiger partial charge is 0.394 e. The summed E-state index contributed by atoms with van der Waals surface area (Å²) < 4.78 is 7.23. The molecular weight excluding hydrogens is 386 g/mol. The van der Waals surface area contributed by atoms with Crippen molar-refractivity contribution in [1.29, 1.82) is 0 Å². The number of hydrogen-bond acceptors (Lipinski definition) is 10. The number of anilines is 3. The van der Waals surface area contributed by atoms with Crippen molar-refractivity contribution in [2.45, 2.75) is 20.0 Å². The Labute approximate surface area is 174 Å². The average Bonchev–Trinajstić information content (AvgIpc) is 3.12. The molecule has 0 aromatic carbocycles. The van der Waals surface area contributed by atoms with Crippen LogP contribution in [0.4, 0.5) is 17.6 Å². The van der Waals surface area contributed by atoms with Crippen LogP contribution in [0.15, 0.2) is 18.6 Å². The minimum Gasteiger partial charge on any atom is -0.394 e. The lowest BCUT2D eigenvalue weighted by atomic mass is 10.3. The molecule has 11 heteroatoms. The molecule has 0 saturated carbocycles. The zero-order valence-corrected chi connectivity index (χ0v) is 17.3. The van der Waals surface area contributed by atoms with Crippen molar-refractivity contribution >= 4 is 28.6 Å². The van der Waals surface area contributed by atoms with E-state index in [1.165, 1.54) is 6.33 Å². The number of aliphatic hydroxyl groups excluding tert-OH is 1. The maximum Gasteiger partial charge on any atom is 0.227 e. The quantitative estimate of drug-likeness (QED) is 0.545. The highest BCUT2D eigenvalue weighted by Gasteiger charge is 2.22. The summed E-state index contributed by atoms with van der Waals surface area (Å²) in [7, 11) is 1.95. The monoisotopic (exact) mass is 413 g/mol. The predicted molar refractivity (Wildman–Crippen MR) is 113 cm³/mol. The number of ether oxygens (including phenoxy) is 1. The number of nitrogens with one attached hydrogen (secondary N) is 1. The number of aliphatic hydroxyl groups is 1. The second-order valence-corrected chi connectivity index (χ2v) is 7.09. The first-order chi connectivity index (χ1) is 14.7. The van der Waals surface area contributed by atoms with Crippen LogP contribution in [0.1, 0.15) is 12.6 Å². The number of fused-ring (bicyclic) bond motifs is 1. The Morgan fingerprint density at radius 1 is 1.27 bits per heavy atom. The van der Waals surface area contributed by atoms with Gasteiger partial charge in [0.2, 0.25) is 5.95 Å². The van der Waals surface area contributed by atoms with E-state index in [1.54, 1.807) is 16.9 Å². The van der Waals surface area contributed by atoms with Crippen molar-refractivity contribution < 1.29 is 9.84 Å². The maximum absolute atomic E-state index is 9.59. The van der Waals surface area contributed by atoms with Gasteiger partial charge in [-0.25, -0.2) is 15.0 Å². The van der Waals surface area contributed by atoms with Gasteiger partial charge < -0.3 is 20.1 Å². The summed E-state index contributed by atoms with van der Waals surface area (Å²) in [6.45, 7) is 6.94. The van der Waals surface area contributed by atoms with E-state index in [1.807, 2.05) is 11.9 Å². The second-order valence-electron chi connectivity index (χ2n) is 7.09. The molecule has 160 valence electrons.